The van der Waals surface area contributed by atoms with E-state index in [4.69, 9.17) is 5.11 Å². The highest BCUT2D eigenvalue weighted by Gasteiger charge is 2.23. The maximum atomic E-state index is 11.8. The molecule has 0 aliphatic heterocycles. The minimum absolute atomic E-state index is 0.0927. The number of sulfone groups is 1. The number of carbonyl (C=O) groups is 2. The second-order valence-corrected chi connectivity index (χ2v) is 7.84. The van der Waals surface area contributed by atoms with Gasteiger partial charge in [-0.15, -0.1) is 0 Å². The average molecular weight is 305 g/mol. The smallest absolute Gasteiger partial charge is 0.326 e. The number of carboxylic acids is 1. The zero-order valence-corrected chi connectivity index (χ0v) is 12.6. The lowest BCUT2D eigenvalue weighted by atomic mass is 9.87. The lowest BCUT2D eigenvalue weighted by Crippen LogP contribution is -2.42. The molecule has 1 aliphatic rings. The van der Waals surface area contributed by atoms with E-state index in [2.05, 4.69) is 5.32 Å². The van der Waals surface area contributed by atoms with Crippen LogP contribution in [0.25, 0.3) is 0 Å². The SMILES string of the molecule is CS(=O)(=O)CCC(NC(=O)CC1CCCCC1)C(=O)O. The Balaban J connectivity index is 2.43. The molecule has 1 fully saturated rings. The summed E-state index contributed by atoms with van der Waals surface area (Å²) in [4.78, 5) is 22.9. The third kappa shape index (κ3) is 6.88. The number of hydrogen-bond acceptors (Lipinski definition) is 4. The fraction of sp³-hybridized carbons (Fsp3) is 0.846. The van der Waals surface area contributed by atoms with Gasteiger partial charge in [0.05, 0.1) is 5.75 Å². The first-order valence-corrected chi connectivity index (χ1v) is 9.04. The molecule has 0 saturated heterocycles. The fourth-order valence-electron chi connectivity index (χ4n) is 2.50. The molecule has 1 aliphatic carbocycles. The van der Waals surface area contributed by atoms with Crippen molar-refractivity contribution in [2.45, 2.75) is 51.0 Å². The number of carboxylic acid groups (broad SMARTS) is 1. The van der Waals surface area contributed by atoms with Crippen LogP contribution in [0.15, 0.2) is 0 Å². The summed E-state index contributed by atoms with van der Waals surface area (Å²) in [5.74, 6) is -1.40. The molecule has 1 rings (SSSR count). The van der Waals surface area contributed by atoms with Gasteiger partial charge in [0.25, 0.3) is 0 Å². The third-order valence-corrected chi connectivity index (χ3v) is 4.59. The molecule has 0 aromatic rings. The highest BCUT2D eigenvalue weighted by molar-refractivity contribution is 7.90. The molecule has 1 saturated carbocycles. The van der Waals surface area contributed by atoms with Crippen molar-refractivity contribution in [1.29, 1.82) is 0 Å². The molecule has 0 aromatic heterocycles. The minimum atomic E-state index is -3.23. The molecule has 2 N–H and O–H groups in total. The average Bonchev–Trinajstić information content (AvgIpc) is 2.34. The Morgan fingerprint density at radius 2 is 1.85 bits per heavy atom. The Kier molecular flexibility index (Phi) is 6.45. The van der Waals surface area contributed by atoms with Gasteiger partial charge in [-0.2, -0.15) is 0 Å². The predicted octanol–water partition coefficient (Wildman–Crippen LogP) is 0.961. The summed E-state index contributed by atoms with van der Waals surface area (Å²) in [6.45, 7) is 0. The fourth-order valence-corrected chi connectivity index (χ4v) is 3.16. The van der Waals surface area contributed by atoms with Crippen LogP contribution in [0, 0.1) is 5.92 Å². The summed E-state index contributed by atoms with van der Waals surface area (Å²) < 4.78 is 22.1. The van der Waals surface area contributed by atoms with E-state index in [0.717, 1.165) is 31.9 Å². The molecule has 0 bridgehead atoms. The summed E-state index contributed by atoms with van der Waals surface area (Å²) >= 11 is 0. The van der Waals surface area contributed by atoms with Crippen LogP contribution in [-0.2, 0) is 19.4 Å². The molecular formula is C13H23NO5S. The number of aliphatic carboxylic acids is 1. The summed E-state index contributed by atoms with van der Waals surface area (Å²) in [5.41, 5.74) is 0. The lowest BCUT2D eigenvalue weighted by Gasteiger charge is -2.22. The first-order chi connectivity index (χ1) is 9.28. The Labute approximate surface area is 119 Å². The van der Waals surface area contributed by atoms with Crippen LogP contribution in [-0.4, -0.2) is 43.5 Å². The number of rotatable bonds is 7. The maximum Gasteiger partial charge on any atom is 0.326 e. The molecule has 7 heteroatoms. The molecular weight excluding hydrogens is 282 g/mol. The molecule has 0 radical (unpaired) electrons. The predicted molar refractivity (Wildman–Crippen MR) is 75.1 cm³/mol. The van der Waals surface area contributed by atoms with Crippen LogP contribution in [0.3, 0.4) is 0 Å². The number of amides is 1. The monoisotopic (exact) mass is 305 g/mol. The molecule has 20 heavy (non-hydrogen) atoms. The van der Waals surface area contributed by atoms with Crippen molar-refractivity contribution in [2.24, 2.45) is 5.92 Å². The zero-order valence-electron chi connectivity index (χ0n) is 11.8. The topological polar surface area (TPSA) is 101 Å². The summed E-state index contributed by atoms with van der Waals surface area (Å²) in [6, 6.07) is -1.12. The van der Waals surface area contributed by atoms with Gasteiger partial charge < -0.3 is 10.4 Å². The van der Waals surface area contributed by atoms with E-state index in [9.17, 15) is 18.0 Å². The number of carbonyl (C=O) groups excluding carboxylic acids is 1. The molecule has 116 valence electrons. The van der Waals surface area contributed by atoms with E-state index in [1.165, 1.54) is 6.42 Å². The molecule has 1 amide bonds. The van der Waals surface area contributed by atoms with Gasteiger partial charge >= 0.3 is 5.97 Å². The Hall–Kier alpha value is -1.11. The van der Waals surface area contributed by atoms with E-state index in [-0.39, 0.29) is 18.1 Å². The van der Waals surface area contributed by atoms with Crippen LogP contribution < -0.4 is 5.32 Å². The lowest BCUT2D eigenvalue weighted by molar-refractivity contribution is -0.142. The molecule has 0 heterocycles. The Bertz CT molecular complexity index is 440. The Morgan fingerprint density at radius 1 is 1.25 bits per heavy atom. The van der Waals surface area contributed by atoms with Crippen LogP contribution >= 0.6 is 0 Å². The van der Waals surface area contributed by atoms with Crippen LogP contribution in [0.1, 0.15) is 44.9 Å². The van der Waals surface area contributed by atoms with Crippen molar-refractivity contribution < 1.29 is 23.1 Å². The van der Waals surface area contributed by atoms with Gasteiger partial charge in [-0.1, -0.05) is 19.3 Å². The van der Waals surface area contributed by atoms with Gasteiger partial charge in [0.15, 0.2) is 0 Å². The first kappa shape index (κ1) is 16.9. The van der Waals surface area contributed by atoms with Crippen LogP contribution in [0.4, 0.5) is 0 Å². The van der Waals surface area contributed by atoms with Crippen molar-refractivity contribution in [2.75, 3.05) is 12.0 Å². The molecule has 0 aromatic carbocycles. The standard InChI is InChI=1S/C13H23NO5S/c1-20(18,19)8-7-11(13(16)17)14-12(15)9-10-5-3-2-4-6-10/h10-11H,2-9H2,1H3,(H,14,15)(H,16,17). The van der Waals surface area contributed by atoms with Gasteiger partial charge in [-0.3, -0.25) is 4.79 Å². The second kappa shape index (κ2) is 7.61. The molecule has 1 atom stereocenters. The normalized spacial score (nSPS) is 18.4. The Morgan fingerprint density at radius 3 is 2.35 bits per heavy atom. The van der Waals surface area contributed by atoms with Gasteiger partial charge in [0.2, 0.25) is 5.91 Å². The third-order valence-electron chi connectivity index (χ3n) is 3.61. The maximum absolute atomic E-state index is 11.8. The number of nitrogens with one attached hydrogen (secondary N) is 1. The molecule has 6 nitrogen and oxygen atoms in total. The highest BCUT2D eigenvalue weighted by atomic mass is 32.2. The van der Waals surface area contributed by atoms with E-state index >= 15 is 0 Å². The van der Waals surface area contributed by atoms with Crippen molar-refractivity contribution in [3.63, 3.8) is 0 Å². The quantitative estimate of drug-likeness (QED) is 0.729. The van der Waals surface area contributed by atoms with E-state index in [0.29, 0.717) is 12.3 Å². The van der Waals surface area contributed by atoms with Crippen molar-refractivity contribution in [3.05, 3.63) is 0 Å². The van der Waals surface area contributed by atoms with Crippen molar-refractivity contribution in [1.82, 2.24) is 5.32 Å². The number of hydrogen-bond donors (Lipinski definition) is 2. The summed E-state index contributed by atoms with van der Waals surface area (Å²) in [5, 5.41) is 11.4. The van der Waals surface area contributed by atoms with Crippen molar-refractivity contribution in [3.8, 4) is 0 Å². The molecule has 1 unspecified atom stereocenters. The van der Waals surface area contributed by atoms with Gasteiger partial charge in [-0.25, -0.2) is 13.2 Å². The van der Waals surface area contributed by atoms with Gasteiger partial charge in [-0.05, 0) is 25.2 Å². The summed E-state index contributed by atoms with van der Waals surface area (Å²) in [7, 11) is -3.23. The molecule has 0 spiro atoms. The zero-order chi connectivity index (χ0) is 15.2. The van der Waals surface area contributed by atoms with Crippen LogP contribution in [0.2, 0.25) is 0 Å². The van der Waals surface area contributed by atoms with Crippen molar-refractivity contribution >= 4 is 21.7 Å². The first-order valence-electron chi connectivity index (χ1n) is 6.98. The summed E-state index contributed by atoms with van der Waals surface area (Å²) in [6.07, 6.45) is 6.75. The van der Waals surface area contributed by atoms with Gasteiger partial charge in [0, 0.05) is 12.7 Å². The minimum Gasteiger partial charge on any atom is -0.480 e. The van der Waals surface area contributed by atoms with E-state index < -0.39 is 21.8 Å². The second-order valence-electron chi connectivity index (χ2n) is 5.59. The van der Waals surface area contributed by atoms with E-state index in [1.54, 1.807) is 0 Å². The largest absolute Gasteiger partial charge is 0.480 e. The van der Waals surface area contributed by atoms with E-state index in [1.807, 2.05) is 0 Å². The van der Waals surface area contributed by atoms with Crippen LogP contribution in [0.5, 0.6) is 0 Å². The van der Waals surface area contributed by atoms with Gasteiger partial charge in [0.1, 0.15) is 15.9 Å². The highest BCUT2D eigenvalue weighted by Crippen LogP contribution is 2.26.